The number of nitrogens with one attached hydrogen (secondary N) is 1. The molecule has 0 bridgehead atoms. The Morgan fingerprint density at radius 1 is 1.83 bits per heavy atom. The summed E-state index contributed by atoms with van der Waals surface area (Å²) in [7, 11) is 1.55. The standard InChI is InChI=1S/C6H8BrN3O2/c1-12-5-6(7)2-8-10-3(6)4(11)9-5/h3,5H,2H2,1H3,(H,9,11)/t3-,5-,6+/m1/s1. The van der Waals surface area contributed by atoms with Crippen molar-refractivity contribution in [2.75, 3.05) is 13.7 Å². The highest BCUT2D eigenvalue weighted by molar-refractivity contribution is 9.10. The lowest BCUT2D eigenvalue weighted by atomic mass is 10.0. The fourth-order valence-electron chi connectivity index (χ4n) is 1.49. The predicted molar refractivity (Wildman–Crippen MR) is 44.1 cm³/mol. The largest absolute Gasteiger partial charge is 0.360 e. The van der Waals surface area contributed by atoms with Gasteiger partial charge in [0.15, 0.2) is 6.04 Å². The van der Waals surface area contributed by atoms with Gasteiger partial charge >= 0.3 is 0 Å². The number of methoxy groups -OCH3 is 1. The number of fused-ring (bicyclic) bond motifs is 1. The molecule has 1 saturated heterocycles. The van der Waals surface area contributed by atoms with Gasteiger partial charge in [0, 0.05) is 7.11 Å². The summed E-state index contributed by atoms with van der Waals surface area (Å²) in [6.45, 7) is 0.481. The smallest absolute Gasteiger partial charge is 0.250 e. The van der Waals surface area contributed by atoms with Crippen molar-refractivity contribution < 1.29 is 9.53 Å². The molecule has 12 heavy (non-hydrogen) atoms. The van der Waals surface area contributed by atoms with Gasteiger partial charge in [0.25, 0.3) is 0 Å². The SMILES string of the molecule is CO[C@H]1NC(=O)[C@H]2N=NC[C@@]12Br. The molecule has 1 amide bonds. The van der Waals surface area contributed by atoms with E-state index in [1.54, 1.807) is 7.11 Å². The van der Waals surface area contributed by atoms with E-state index in [1.165, 1.54) is 0 Å². The molecule has 2 aliphatic heterocycles. The van der Waals surface area contributed by atoms with Crippen LogP contribution in [-0.2, 0) is 9.53 Å². The normalized spacial score (nSPS) is 44.7. The zero-order chi connectivity index (χ0) is 8.77. The number of rotatable bonds is 1. The molecule has 5 nitrogen and oxygen atoms in total. The second-order valence-corrected chi connectivity index (χ2v) is 4.35. The van der Waals surface area contributed by atoms with E-state index in [0.717, 1.165) is 0 Å². The molecule has 66 valence electrons. The van der Waals surface area contributed by atoms with Crippen LogP contribution in [0.1, 0.15) is 0 Å². The van der Waals surface area contributed by atoms with Crippen molar-refractivity contribution in [1.29, 1.82) is 0 Å². The van der Waals surface area contributed by atoms with Crippen LogP contribution in [0, 0.1) is 0 Å². The molecule has 0 aromatic carbocycles. The Balaban J connectivity index is 2.31. The Morgan fingerprint density at radius 3 is 3.25 bits per heavy atom. The van der Waals surface area contributed by atoms with Crippen LogP contribution in [0.2, 0.25) is 0 Å². The van der Waals surface area contributed by atoms with Crippen molar-refractivity contribution in [2.24, 2.45) is 10.2 Å². The molecule has 1 fully saturated rings. The molecule has 2 aliphatic rings. The van der Waals surface area contributed by atoms with Crippen molar-refractivity contribution in [3.63, 3.8) is 0 Å². The molecule has 0 radical (unpaired) electrons. The van der Waals surface area contributed by atoms with Crippen molar-refractivity contribution in [2.45, 2.75) is 16.6 Å². The van der Waals surface area contributed by atoms with Crippen molar-refractivity contribution in [1.82, 2.24) is 5.32 Å². The van der Waals surface area contributed by atoms with Crippen LogP contribution in [0.25, 0.3) is 0 Å². The molecule has 2 rings (SSSR count). The summed E-state index contributed by atoms with van der Waals surface area (Å²) >= 11 is 3.44. The minimum atomic E-state index is -0.459. The summed E-state index contributed by atoms with van der Waals surface area (Å²) in [6.07, 6.45) is -0.329. The van der Waals surface area contributed by atoms with E-state index in [4.69, 9.17) is 4.74 Å². The fourth-order valence-corrected chi connectivity index (χ4v) is 2.21. The van der Waals surface area contributed by atoms with Crippen molar-refractivity contribution in [3.8, 4) is 0 Å². The van der Waals surface area contributed by atoms with Crippen molar-refractivity contribution >= 4 is 21.8 Å². The third-order valence-electron chi connectivity index (χ3n) is 2.16. The Bertz CT molecular complexity index is 257. The highest BCUT2D eigenvalue weighted by Gasteiger charge is 2.57. The van der Waals surface area contributed by atoms with Gasteiger partial charge < -0.3 is 10.1 Å². The lowest BCUT2D eigenvalue weighted by Gasteiger charge is -2.22. The van der Waals surface area contributed by atoms with Crippen LogP contribution in [0.3, 0.4) is 0 Å². The Labute approximate surface area is 77.7 Å². The van der Waals surface area contributed by atoms with Gasteiger partial charge in [0.2, 0.25) is 5.91 Å². The first-order chi connectivity index (χ1) is 5.68. The minimum Gasteiger partial charge on any atom is -0.360 e. The van der Waals surface area contributed by atoms with Crippen LogP contribution in [0.4, 0.5) is 0 Å². The first kappa shape index (κ1) is 8.12. The van der Waals surface area contributed by atoms with Crippen LogP contribution in [0.15, 0.2) is 10.2 Å². The van der Waals surface area contributed by atoms with E-state index in [9.17, 15) is 4.79 Å². The van der Waals surface area contributed by atoms with E-state index in [2.05, 4.69) is 31.5 Å². The maximum absolute atomic E-state index is 11.3. The van der Waals surface area contributed by atoms with Crippen LogP contribution in [-0.4, -0.2) is 36.2 Å². The van der Waals surface area contributed by atoms with Crippen LogP contribution < -0.4 is 5.32 Å². The molecule has 1 N–H and O–H groups in total. The Morgan fingerprint density at radius 2 is 2.58 bits per heavy atom. The van der Waals surface area contributed by atoms with Gasteiger partial charge in [0.05, 0.1) is 6.54 Å². The molecule has 3 atom stereocenters. The number of azo groups is 1. The topological polar surface area (TPSA) is 63.0 Å². The van der Waals surface area contributed by atoms with Gasteiger partial charge in [-0.1, -0.05) is 15.9 Å². The first-order valence-corrected chi connectivity index (χ1v) is 4.36. The second kappa shape index (κ2) is 2.50. The number of hydrogen-bond acceptors (Lipinski definition) is 4. The number of amides is 1. The number of carbonyl (C=O) groups is 1. The number of nitrogens with zero attached hydrogens (tertiary/aromatic N) is 2. The zero-order valence-electron chi connectivity index (χ0n) is 6.45. The molecule has 2 heterocycles. The summed E-state index contributed by atoms with van der Waals surface area (Å²) in [6, 6.07) is -0.428. The molecule has 0 aliphatic carbocycles. The quantitative estimate of drug-likeness (QED) is 0.652. The third-order valence-corrected chi connectivity index (χ3v) is 3.26. The monoisotopic (exact) mass is 233 g/mol. The predicted octanol–water partition coefficient (Wildman–Crippen LogP) is 0.0568. The summed E-state index contributed by atoms with van der Waals surface area (Å²) in [5, 5.41) is 10.3. The van der Waals surface area contributed by atoms with E-state index in [-0.39, 0.29) is 12.1 Å². The average molecular weight is 234 g/mol. The molecule has 0 saturated carbocycles. The molecular weight excluding hydrogens is 226 g/mol. The van der Waals surface area contributed by atoms with Crippen LogP contribution in [0.5, 0.6) is 0 Å². The van der Waals surface area contributed by atoms with Gasteiger partial charge in [0.1, 0.15) is 10.6 Å². The summed E-state index contributed by atoms with van der Waals surface area (Å²) in [5.74, 6) is -0.125. The summed E-state index contributed by atoms with van der Waals surface area (Å²) in [4.78, 5) is 11.3. The minimum absolute atomic E-state index is 0.125. The second-order valence-electron chi connectivity index (χ2n) is 2.87. The summed E-state index contributed by atoms with van der Waals surface area (Å²) < 4.78 is 4.64. The zero-order valence-corrected chi connectivity index (χ0v) is 8.04. The maximum Gasteiger partial charge on any atom is 0.250 e. The number of carbonyl (C=O) groups excluding carboxylic acids is 1. The fraction of sp³-hybridized carbons (Fsp3) is 0.833. The maximum atomic E-state index is 11.3. The first-order valence-electron chi connectivity index (χ1n) is 3.57. The third kappa shape index (κ3) is 0.847. The molecule has 0 aromatic rings. The van der Waals surface area contributed by atoms with E-state index in [1.807, 2.05) is 0 Å². The van der Waals surface area contributed by atoms with E-state index >= 15 is 0 Å². The molecule has 0 aromatic heterocycles. The van der Waals surface area contributed by atoms with Crippen LogP contribution >= 0.6 is 15.9 Å². The Kier molecular flexibility index (Phi) is 1.69. The number of hydrogen-bond donors (Lipinski definition) is 1. The highest BCUT2D eigenvalue weighted by atomic mass is 79.9. The van der Waals surface area contributed by atoms with Gasteiger partial charge in [-0.25, -0.2) is 0 Å². The molecule has 0 spiro atoms. The van der Waals surface area contributed by atoms with E-state index < -0.39 is 10.4 Å². The van der Waals surface area contributed by atoms with Gasteiger partial charge in [-0.3, -0.25) is 4.79 Å². The van der Waals surface area contributed by atoms with Gasteiger partial charge in [-0.2, -0.15) is 10.2 Å². The van der Waals surface area contributed by atoms with Gasteiger partial charge in [-0.15, -0.1) is 0 Å². The highest BCUT2D eigenvalue weighted by Crippen LogP contribution is 2.38. The molecule has 0 unspecified atom stereocenters. The Hall–Kier alpha value is -0.490. The van der Waals surface area contributed by atoms with Gasteiger partial charge in [-0.05, 0) is 0 Å². The lowest BCUT2D eigenvalue weighted by Crippen LogP contribution is -2.43. The van der Waals surface area contributed by atoms with E-state index in [0.29, 0.717) is 6.54 Å². The van der Waals surface area contributed by atoms with Crippen molar-refractivity contribution in [3.05, 3.63) is 0 Å². The summed E-state index contributed by atoms with van der Waals surface area (Å²) in [5.41, 5.74) is 0. The number of alkyl halides is 1. The number of halogens is 1. The lowest BCUT2D eigenvalue weighted by molar-refractivity contribution is -0.121. The number of ether oxygens (including phenoxy) is 1. The average Bonchev–Trinajstić information content (AvgIpc) is 2.51. The molecule has 6 heteroatoms. The molecular formula is C6H8BrN3O2.